The van der Waals surface area contributed by atoms with Crippen molar-refractivity contribution in [3.05, 3.63) is 59.9 Å². The lowest BCUT2D eigenvalue weighted by Crippen LogP contribution is -2.37. The van der Waals surface area contributed by atoms with Gasteiger partial charge in [-0.3, -0.25) is 4.98 Å². The van der Waals surface area contributed by atoms with Crippen LogP contribution < -0.4 is 0 Å². The lowest BCUT2D eigenvalue weighted by atomic mass is 9.74. The second-order valence-corrected chi connectivity index (χ2v) is 6.85. The van der Waals surface area contributed by atoms with Crippen molar-refractivity contribution in [2.45, 2.75) is 44.9 Å². The number of rotatable bonds is 2. The molecule has 1 aliphatic rings. The highest BCUT2D eigenvalue weighted by atomic mass is 16.3. The number of pyridine rings is 1. The van der Waals surface area contributed by atoms with Crippen LogP contribution in [0.4, 0.5) is 0 Å². The van der Waals surface area contributed by atoms with Crippen molar-refractivity contribution in [2.75, 3.05) is 20.1 Å². The number of hydrogen-bond donors (Lipinski definition) is 1. The molecule has 1 aliphatic heterocycles. The average Bonchev–Trinajstić information content (AvgIpc) is 2.78. The SMILES string of the molecule is CCC1(c2cccc(O)c2)CCCCN(C)C1.Cc1ccccn1. The Kier molecular flexibility index (Phi) is 6.80. The molecule has 3 nitrogen and oxygen atoms in total. The van der Waals surface area contributed by atoms with Crippen molar-refractivity contribution in [3.63, 3.8) is 0 Å². The normalized spacial score (nSPS) is 21.5. The molecule has 1 atom stereocenters. The van der Waals surface area contributed by atoms with Crippen LogP contribution in [0.5, 0.6) is 5.75 Å². The summed E-state index contributed by atoms with van der Waals surface area (Å²) in [6, 6.07) is 13.7. The minimum absolute atomic E-state index is 0.226. The highest BCUT2D eigenvalue weighted by Crippen LogP contribution is 2.37. The summed E-state index contributed by atoms with van der Waals surface area (Å²) in [5.41, 5.74) is 2.60. The van der Waals surface area contributed by atoms with Gasteiger partial charge in [-0.15, -0.1) is 0 Å². The van der Waals surface area contributed by atoms with Gasteiger partial charge in [-0.2, -0.15) is 0 Å². The molecule has 2 heterocycles. The van der Waals surface area contributed by atoms with Crippen LogP contribution >= 0.6 is 0 Å². The Labute approximate surface area is 146 Å². The maximum Gasteiger partial charge on any atom is 0.115 e. The predicted octanol–water partition coefficient (Wildman–Crippen LogP) is 4.55. The van der Waals surface area contributed by atoms with E-state index in [0.717, 1.165) is 18.7 Å². The highest BCUT2D eigenvalue weighted by Gasteiger charge is 2.33. The van der Waals surface area contributed by atoms with E-state index in [9.17, 15) is 5.11 Å². The van der Waals surface area contributed by atoms with Gasteiger partial charge in [0.25, 0.3) is 0 Å². The number of hydrogen-bond acceptors (Lipinski definition) is 3. The van der Waals surface area contributed by atoms with Gasteiger partial charge in [-0.05, 0) is 69.6 Å². The lowest BCUT2D eigenvalue weighted by molar-refractivity contribution is 0.256. The number of likely N-dealkylation sites (tertiary alicyclic amines) is 1. The molecule has 1 aromatic heterocycles. The maximum atomic E-state index is 9.68. The zero-order valence-electron chi connectivity index (χ0n) is 15.2. The quantitative estimate of drug-likeness (QED) is 0.880. The van der Waals surface area contributed by atoms with E-state index in [2.05, 4.69) is 29.9 Å². The lowest BCUT2D eigenvalue weighted by Gasteiger charge is -2.35. The van der Waals surface area contributed by atoms with Gasteiger partial charge in [-0.25, -0.2) is 0 Å². The number of aryl methyl sites for hydroxylation is 1. The third-order valence-corrected chi connectivity index (χ3v) is 4.97. The summed E-state index contributed by atoms with van der Waals surface area (Å²) >= 11 is 0. The number of phenols is 1. The first-order valence-electron chi connectivity index (χ1n) is 8.91. The van der Waals surface area contributed by atoms with Gasteiger partial charge in [0.15, 0.2) is 0 Å². The molecule has 1 saturated heterocycles. The van der Waals surface area contributed by atoms with E-state index in [4.69, 9.17) is 0 Å². The Balaban J connectivity index is 0.000000249. The van der Waals surface area contributed by atoms with Gasteiger partial charge in [0.1, 0.15) is 5.75 Å². The van der Waals surface area contributed by atoms with Crippen molar-refractivity contribution >= 4 is 0 Å². The van der Waals surface area contributed by atoms with Crippen molar-refractivity contribution in [2.24, 2.45) is 0 Å². The monoisotopic (exact) mass is 326 g/mol. The van der Waals surface area contributed by atoms with Gasteiger partial charge < -0.3 is 10.0 Å². The van der Waals surface area contributed by atoms with Crippen molar-refractivity contribution < 1.29 is 5.11 Å². The molecule has 1 fully saturated rings. The summed E-state index contributed by atoms with van der Waals surface area (Å²) in [7, 11) is 2.21. The Morgan fingerprint density at radius 3 is 2.58 bits per heavy atom. The van der Waals surface area contributed by atoms with Crippen LogP contribution in [-0.4, -0.2) is 35.1 Å². The Bertz CT molecular complexity index is 614. The van der Waals surface area contributed by atoms with Gasteiger partial charge in [0.05, 0.1) is 0 Å². The zero-order valence-corrected chi connectivity index (χ0v) is 15.2. The highest BCUT2D eigenvalue weighted by molar-refractivity contribution is 5.33. The molecule has 1 unspecified atom stereocenters. The standard InChI is InChI=1S/C15H23NO.C6H7N/c1-3-15(9-4-5-10-16(2)12-15)13-7-6-8-14(17)11-13;1-6-4-2-3-5-7-6/h6-8,11,17H,3-5,9-10,12H2,1-2H3;2-5H,1H3. The topological polar surface area (TPSA) is 36.4 Å². The molecule has 0 amide bonds. The number of aromatic hydroxyl groups is 1. The zero-order chi connectivity index (χ0) is 17.4. The summed E-state index contributed by atoms with van der Waals surface area (Å²) in [5, 5.41) is 9.68. The minimum atomic E-state index is 0.226. The molecule has 2 aromatic rings. The molecule has 1 N–H and O–H groups in total. The van der Waals surface area contributed by atoms with E-state index in [1.807, 2.05) is 37.3 Å². The molecular weight excluding hydrogens is 296 g/mol. The van der Waals surface area contributed by atoms with Crippen molar-refractivity contribution in [3.8, 4) is 5.75 Å². The molecule has 24 heavy (non-hydrogen) atoms. The van der Waals surface area contributed by atoms with Crippen LogP contribution in [0, 0.1) is 6.92 Å². The Morgan fingerprint density at radius 1 is 1.17 bits per heavy atom. The molecule has 3 heteroatoms. The van der Waals surface area contributed by atoms with E-state index < -0.39 is 0 Å². The van der Waals surface area contributed by atoms with Gasteiger partial charge >= 0.3 is 0 Å². The molecular formula is C21H30N2O. The summed E-state index contributed by atoms with van der Waals surface area (Å²) < 4.78 is 0. The smallest absolute Gasteiger partial charge is 0.115 e. The second-order valence-electron chi connectivity index (χ2n) is 6.85. The fraction of sp³-hybridized carbons (Fsp3) is 0.476. The third-order valence-electron chi connectivity index (χ3n) is 4.97. The van der Waals surface area contributed by atoms with Gasteiger partial charge in [0.2, 0.25) is 0 Å². The first kappa shape index (κ1) is 18.5. The molecule has 0 radical (unpaired) electrons. The van der Waals surface area contributed by atoms with Crippen molar-refractivity contribution in [1.29, 1.82) is 0 Å². The van der Waals surface area contributed by atoms with Crippen LogP contribution in [0.1, 0.15) is 43.9 Å². The summed E-state index contributed by atoms with van der Waals surface area (Å²) in [4.78, 5) is 6.41. The maximum absolute atomic E-state index is 9.68. The fourth-order valence-corrected chi connectivity index (χ4v) is 3.53. The number of likely N-dealkylation sites (N-methyl/N-ethyl adjacent to an activating group) is 1. The van der Waals surface area contributed by atoms with Crippen LogP contribution in [0.15, 0.2) is 48.7 Å². The number of nitrogens with zero attached hydrogens (tertiary/aromatic N) is 2. The largest absolute Gasteiger partial charge is 0.508 e. The second kappa shape index (κ2) is 8.84. The first-order chi connectivity index (χ1) is 11.6. The molecule has 0 spiro atoms. The van der Waals surface area contributed by atoms with E-state index in [1.165, 1.54) is 31.4 Å². The van der Waals surface area contributed by atoms with E-state index in [0.29, 0.717) is 5.75 Å². The van der Waals surface area contributed by atoms with E-state index in [-0.39, 0.29) is 5.41 Å². The number of aromatic nitrogens is 1. The summed E-state index contributed by atoms with van der Waals surface area (Å²) in [6.45, 7) is 6.54. The van der Waals surface area contributed by atoms with Crippen LogP contribution in [0.25, 0.3) is 0 Å². The molecule has 0 saturated carbocycles. The summed E-state index contributed by atoms with van der Waals surface area (Å²) in [5.74, 6) is 0.391. The minimum Gasteiger partial charge on any atom is -0.508 e. The Hall–Kier alpha value is -1.87. The molecule has 0 bridgehead atoms. The van der Waals surface area contributed by atoms with Crippen LogP contribution in [0.3, 0.4) is 0 Å². The average molecular weight is 326 g/mol. The van der Waals surface area contributed by atoms with Gasteiger partial charge in [-0.1, -0.05) is 31.5 Å². The van der Waals surface area contributed by atoms with Crippen molar-refractivity contribution in [1.82, 2.24) is 9.88 Å². The number of phenolic OH excluding ortho intramolecular Hbond substituents is 1. The number of benzene rings is 1. The first-order valence-corrected chi connectivity index (χ1v) is 8.91. The van der Waals surface area contributed by atoms with Crippen LogP contribution in [0.2, 0.25) is 0 Å². The third kappa shape index (κ3) is 5.07. The molecule has 0 aliphatic carbocycles. The molecule has 1 aromatic carbocycles. The van der Waals surface area contributed by atoms with E-state index in [1.54, 1.807) is 12.3 Å². The Morgan fingerprint density at radius 2 is 2.00 bits per heavy atom. The predicted molar refractivity (Wildman–Crippen MR) is 100 cm³/mol. The fourth-order valence-electron chi connectivity index (χ4n) is 3.53. The van der Waals surface area contributed by atoms with Crippen LogP contribution in [-0.2, 0) is 5.41 Å². The summed E-state index contributed by atoms with van der Waals surface area (Å²) in [6.07, 6.45) is 6.73. The molecule has 3 rings (SSSR count). The molecule has 130 valence electrons. The van der Waals surface area contributed by atoms with Gasteiger partial charge in [0, 0.05) is 23.9 Å². The van der Waals surface area contributed by atoms with E-state index >= 15 is 0 Å².